The summed E-state index contributed by atoms with van der Waals surface area (Å²) in [6.07, 6.45) is 6.36. The topological polar surface area (TPSA) is 30.5 Å². The molecule has 0 saturated heterocycles. The third-order valence-corrected chi connectivity index (χ3v) is 3.16. The fourth-order valence-electron chi connectivity index (χ4n) is 1.86. The second kappa shape index (κ2) is 7.27. The summed E-state index contributed by atoms with van der Waals surface area (Å²) in [6.45, 7) is 1.96. The fourth-order valence-corrected chi connectivity index (χ4v) is 1.86. The van der Waals surface area contributed by atoms with Crippen molar-refractivity contribution in [3.05, 3.63) is 24.3 Å². The summed E-state index contributed by atoms with van der Waals surface area (Å²) in [6, 6.07) is 8.59. The maximum atomic E-state index is 5.67. The minimum atomic E-state index is 0.801. The molecule has 1 aliphatic carbocycles. The number of benzene rings is 1. The van der Waals surface area contributed by atoms with Crippen LogP contribution in [-0.2, 0) is 0 Å². The molecule has 1 aliphatic rings. The van der Waals surface area contributed by atoms with Crippen molar-refractivity contribution in [2.45, 2.75) is 38.1 Å². The second-order valence-corrected chi connectivity index (χ2v) is 4.81. The summed E-state index contributed by atoms with van der Waals surface area (Å²) in [7, 11) is 1.67. The molecule has 0 unspecified atom stereocenters. The molecule has 0 aliphatic heterocycles. The van der Waals surface area contributed by atoms with E-state index in [0.717, 1.165) is 37.1 Å². The highest BCUT2D eigenvalue weighted by molar-refractivity contribution is 5.31. The van der Waals surface area contributed by atoms with Gasteiger partial charge < -0.3 is 14.8 Å². The maximum Gasteiger partial charge on any atom is 0.119 e. The SMILES string of the molecule is COc1ccc(OCCCCCNC2CC2)cc1. The quantitative estimate of drug-likeness (QED) is 0.682. The molecule has 100 valence electrons. The Morgan fingerprint density at radius 3 is 2.44 bits per heavy atom. The summed E-state index contributed by atoms with van der Waals surface area (Å²) in [5.41, 5.74) is 0. The van der Waals surface area contributed by atoms with Crippen molar-refractivity contribution in [3.63, 3.8) is 0 Å². The van der Waals surface area contributed by atoms with Crippen molar-refractivity contribution in [2.24, 2.45) is 0 Å². The Morgan fingerprint density at radius 1 is 1.06 bits per heavy atom. The normalized spacial score (nSPS) is 14.5. The minimum Gasteiger partial charge on any atom is -0.497 e. The van der Waals surface area contributed by atoms with E-state index >= 15 is 0 Å². The third-order valence-electron chi connectivity index (χ3n) is 3.16. The van der Waals surface area contributed by atoms with Gasteiger partial charge in [0.2, 0.25) is 0 Å². The molecule has 2 rings (SSSR count). The van der Waals surface area contributed by atoms with Crippen LogP contribution in [0.4, 0.5) is 0 Å². The molecule has 0 bridgehead atoms. The first kappa shape index (κ1) is 13.2. The van der Waals surface area contributed by atoms with Gasteiger partial charge in [0.05, 0.1) is 13.7 Å². The highest BCUT2D eigenvalue weighted by Crippen LogP contribution is 2.19. The Hall–Kier alpha value is -1.22. The van der Waals surface area contributed by atoms with Crippen molar-refractivity contribution in [3.8, 4) is 11.5 Å². The Balaban J connectivity index is 1.48. The standard InChI is InChI=1S/C15H23NO2/c1-17-14-7-9-15(10-8-14)18-12-4-2-3-11-16-13-5-6-13/h7-10,13,16H,2-6,11-12H2,1H3. The van der Waals surface area contributed by atoms with E-state index in [1.807, 2.05) is 24.3 Å². The molecular weight excluding hydrogens is 226 g/mol. The van der Waals surface area contributed by atoms with Gasteiger partial charge in [0.25, 0.3) is 0 Å². The van der Waals surface area contributed by atoms with Crippen LogP contribution in [0.15, 0.2) is 24.3 Å². The number of unbranched alkanes of at least 4 members (excludes halogenated alkanes) is 2. The van der Waals surface area contributed by atoms with Gasteiger partial charge in [-0.05, 0) is 62.9 Å². The van der Waals surface area contributed by atoms with Crippen LogP contribution in [0.2, 0.25) is 0 Å². The molecule has 0 heterocycles. The molecule has 1 fully saturated rings. The lowest BCUT2D eigenvalue weighted by atomic mass is 10.2. The Labute approximate surface area is 109 Å². The van der Waals surface area contributed by atoms with Gasteiger partial charge in [-0.3, -0.25) is 0 Å². The van der Waals surface area contributed by atoms with Crippen molar-refractivity contribution in [2.75, 3.05) is 20.3 Å². The molecule has 18 heavy (non-hydrogen) atoms. The molecule has 0 spiro atoms. The van der Waals surface area contributed by atoms with Crippen molar-refractivity contribution in [1.29, 1.82) is 0 Å². The van der Waals surface area contributed by atoms with Crippen LogP contribution in [-0.4, -0.2) is 26.3 Å². The lowest BCUT2D eigenvalue weighted by molar-refractivity contribution is 0.304. The summed E-state index contributed by atoms with van der Waals surface area (Å²) >= 11 is 0. The Kier molecular flexibility index (Phi) is 5.34. The van der Waals surface area contributed by atoms with Crippen LogP contribution >= 0.6 is 0 Å². The van der Waals surface area contributed by atoms with E-state index in [9.17, 15) is 0 Å². The summed E-state index contributed by atoms with van der Waals surface area (Å²) in [5.74, 6) is 1.79. The molecule has 0 aromatic heterocycles. The van der Waals surface area contributed by atoms with Crippen LogP contribution in [0.3, 0.4) is 0 Å². The summed E-state index contributed by atoms with van der Waals surface area (Å²) in [5, 5.41) is 3.52. The largest absolute Gasteiger partial charge is 0.497 e. The Bertz CT molecular complexity index is 333. The number of hydrogen-bond donors (Lipinski definition) is 1. The van der Waals surface area contributed by atoms with E-state index in [1.165, 1.54) is 25.7 Å². The van der Waals surface area contributed by atoms with E-state index in [4.69, 9.17) is 9.47 Å². The number of methoxy groups -OCH3 is 1. The monoisotopic (exact) mass is 249 g/mol. The predicted octanol–water partition coefficient (Wildman–Crippen LogP) is 3.00. The molecule has 1 aromatic rings. The van der Waals surface area contributed by atoms with Gasteiger partial charge >= 0.3 is 0 Å². The average Bonchev–Trinajstić information content (AvgIpc) is 3.22. The van der Waals surface area contributed by atoms with Gasteiger partial charge in [-0.25, -0.2) is 0 Å². The first-order chi connectivity index (χ1) is 8.88. The van der Waals surface area contributed by atoms with E-state index < -0.39 is 0 Å². The van der Waals surface area contributed by atoms with Crippen molar-refractivity contribution >= 4 is 0 Å². The third kappa shape index (κ3) is 4.96. The maximum absolute atomic E-state index is 5.67. The van der Waals surface area contributed by atoms with Crippen molar-refractivity contribution in [1.82, 2.24) is 5.32 Å². The molecule has 0 radical (unpaired) electrons. The Morgan fingerprint density at radius 2 is 1.78 bits per heavy atom. The number of hydrogen-bond acceptors (Lipinski definition) is 3. The van der Waals surface area contributed by atoms with Crippen molar-refractivity contribution < 1.29 is 9.47 Å². The van der Waals surface area contributed by atoms with E-state index in [0.29, 0.717) is 0 Å². The number of ether oxygens (including phenoxy) is 2. The highest BCUT2D eigenvalue weighted by Gasteiger charge is 2.19. The first-order valence-electron chi connectivity index (χ1n) is 6.89. The van der Waals surface area contributed by atoms with Gasteiger partial charge in [0, 0.05) is 6.04 Å². The van der Waals surface area contributed by atoms with Gasteiger partial charge in [-0.2, -0.15) is 0 Å². The molecule has 1 aromatic carbocycles. The summed E-state index contributed by atoms with van der Waals surface area (Å²) in [4.78, 5) is 0. The van der Waals surface area contributed by atoms with Gasteiger partial charge in [0.15, 0.2) is 0 Å². The molecular formula is C15H23NO2. The predicted molar refractivity (Wildman–Crippen MR) is 73.4 cm³/mol. The average molecular weight is 249 g/mol. The van der Waals surface area contributed by atoms with E-state index in [1.54, 1.807) is 7.11 Å². The first-order valence-corrected chi connectivity index (χ1v) is 6.89. The molecule has 1 saturated carbocycles. The molecule has 0 amide bonds. The molecule has 1 N–H and O–H groups in total. The zero-order valence-corrected chi connectivity index (χ0v) is 11.2. The van der Waals surface area contributed by atoms with E-state index in [2.05, 4.69) is 5.32 Å². The lowest BCUT2D eigenvalue weighted by Gasteiger charge is -2.07. The highest BCUT2D eigenvalue weighted by atomic mass is 16.5. The fraction of sp³-hybridized carbons (Fsp3) is 0.600. The zero-order valence-electron chi connectivity index (χ0n) is 11.2. The minimum absolute atomic E-state index is 0.801. The molecule has 3 nitrogen and oxygen atoms in total. The van der Waals surface area contributed by atoms with Crippen LogP contribution in [0, 0.1) is 0 Å². The van der Waals surface area contributed by atoms with Crippen LogP contribution in [0.25, 0.3) is 0 Å². The number of rotatable bonds is 9. The number of nitrogens with one attached hydrogen (secondary N) is 1. The van der Waals surface area contributed by atoms with Crippen LogP contribution < -0.4 is 14.8 Å². The van der Waals surface area contributed by atoms with Gasteiger partial charge in [0.1, 0.15) is 11.5 Å². The summed E-state index contributed by atoms with van der Waals surface area (Å²) < 4.78 is 10.8. The zero-order chi connectivity index (χ0) is 12.6. The molecule has 3 heteroatoms. The van der Waals surface area contributed by atoms with Gasteiger partial charge in [-0.15, -0.1) is 0 Å². The molecule has 0 atom stereocenters. The van der Waals surface area contributed by atoms with Gasteiger partial charge in [-0.1, -0.05) is 0 Å². The van der Waals surface area contributed by atoms with Crippen LogP contribution in [0.1, 0.15) is 32.1 Å². The van der Waals surface area contributed by atoms with E-state index in [-0.39, 0.29) is 0 Å². The second-order valence-electron chi connectivity index (χ2n) is 4.81. The smallest absolute Gasteiger partial charge is 0.119 e. The lowest BCUT2D eigenvalue weighted by Crippen LogP contribution is -2.17. The van der Waals surface area contributed by atoms with Crippen LogP contribution in [0.5, 0.6) is 11.5 Å².